The van der Waals surface area contributed by atoms with Gasteiger partial charge >= 0.3 is 5.97 Å². The Bertz CT molecular complexity index is 308. The van der Waals surface area contributed by atoms with E-state index in [9.17, 15) is 4.79 Å². The molecule has 0 bridgehead atoms. The van der Waals surface area contributed by atoms with E-state index in [2.05, 4.69) is 19.1 Å². The van der Waals surface area contributed by atoms with Crippen molar-refractivity contribution in [2.75, 3.05) is 6.61 Å². The van der Waals surface area contributed by atoms with Gasteiger partial charge < -0.3 is 9.84 Å². The molecule has 0 spiro atoms. The van der Waals surface area contributed by atoms with Crippen LogP contribution >= 0.6 is 0 Å². The van der Waals surface area contributed by atoms with Gasteiger partial charge in [-0.15, -0.1) is 0 Å². The SMILES string of the molecule is CC(C)O.CCCCCCCC/C=C\CCCCCCCC(=O)OCCC. The molecular weight excluding hydrogens is 336 g/mol. The smallest absolute Gasteiger partial charge is 0.305 e. The molecule has 0 aliphatic carbocycles. The number of ether oxygens (including phenoxy) is 1. The van der Waals surface area contributed by atoms with Gasteiger partial charge in [-0.1, -0.05) is 77.4 Å². The van der Waals surface area contributed by atoms with E-state index < -0.39 is 0 Å². The molecule has 0 aliphatic rings. The van der Waals surface area contributed by atoms with Crippen LogP contribution in [0.25, 0.3) is 0 Å². The maximum absolute atomic E-state index is 11.3. The molecule has 0 aromatic heterocycles. The van der Waals surface area contributed by atoms with Gasteiger partial charge in [-0.05, 0) is 52.4 Å². The van der Waals surface area contributed by atoms with E-state index >= 15 is 0 Å². The first-order valence-corrected chi connectivity index (χ1v) is 11.5. The number of carbonyl (C=O) groups is 1. The van der Waals surface area contributed by atoms with Crippen LogP contribution in [0, 0.1) is 0 Å². The van der Waals surface area contributed by atoms with Crippen molar-refractivity contribution < 1.29 is 14.6 Å². The van der Waals surface area contributed by atoms with Crippen molar-refractivity contribution in [2.24, 2.45) is 0 Å². The van der Waals surface area contributed by atoms with Crippen molar-refractivity contribution in [3.63, 3.8) is 0 Å². The molecule has 0 fully saturated rings. The van der Waals surface area contributed by atoms with Gasteiger partial charge in [-0.3, -0.25) is 4.79 Å². The third kappa shape index (κ3) is 33.2. The van der Waals surface area contributed by atoms with E-state index in [1.807, 2.05) is 6.92 Å². The Labute approximate surface area is 170 Å². The number of carbonyl (C=O) groups excluding carboxylic acids is 1. The molecule has 27 heavy (non-hydrogen) atoms. The van der Waals surface area contributed by atoms with Gasteiger partial charge in [0.15, 0.2) is 0 Å². The minimum Gasteiger partial charge on any atom is -0.466 e. The van der Waals surface area contributed by atoms with E-state index in [0.29, 0.717) is 13.0 Å². The van der Waals surface area contributed by atoms with Gasteiger partial charge in [0.25, 0.3) is 0 Å². The topological polar surface area (TPSA) is 46.5 Å². The van der Waals surface area contributed by atoms with E-state index in [1.165, 1.54) is 70.6 Å². The lowest BCUT2D eigenvalue weighted by Crippen LogP contribution is -2.04. The van der Waals surface area contributed by atoms with Crippen molar-refractivity contribution in [1.29, 1.82) is 0 Å². The van der Waals surface area contributed by atoms with Gasteiger partial charge in [0.1, 0.15) is 0 Å². The average molecular weight is 385 g/mol. The number of rotatable bonds is 17. The van der Waals surface area contributed by atoms with Crippen LogP contribution in [0.15, 0.2) is 12.2 Å². The Balaban J connectivity index is 0. The van der Waals surface area contributed by atoms with Crippen LogP contribution in [0.3, 0.4) is 0 Å². The summed E-state index contributed by atoms with van der Waals surface area (Å²) in [6.45, 7) is 8.31. The normalized spacial score (nSPS) is 10.9. The Kier molecular flexibility index (Phi) is 26.5. The number of allylic oxidation sites excluding steroid dienone is 2. The fraction of sp³-hybridized carbons (Fsp3) is 0.875. The van der Waals surface area contributed by atoms with E-state index in [4.69, 9.17) is 9.84 Å². The maximum atomic E-state index is 11.3. The lowest BCUT2D eigenvalue weighted by molar-refractivity contribution is -0.143. The molecule has 0 amide bonds. The summed E-state index contributed by atoms with van der Waals surface area (Å²) in [6, 6.07) is 0. The standard InChI is InChI=1S/C21H40O2.C3H8O/c1-3-5-6-7-8-9-10-11-12-13-14-15-16-17-18-19-21(22)23-20-4-2;1-3(2)4/h11-12H,3-10,13-20H2,1-2H3;3-4H,1-2H3/b12-11-;. The molecule has 0 aliphatic heterocycles. The summed E-state index contributed by atoms with van der Waals surface area (Å²) in [7, 11) is 0. The summed E-state index contributed by atoms with van der Waals surface area (Å²) in [4.78, 5) is 11.3. The van der Waals surface area contributed by atoms with Crippen LogP contribution in [-0.4, -0.2) is 23.8 Å². The molecule has 0 rings (SSSR count). The zero-order valence-corrected chi connectivity index (χ0v) is 18.8. The molecule has 0 radical (unpaired) electrons. The Morgan fingerprint density at radius 3 is 1.70 bits per heavy atom. The van der Waals surface area contributed by atoms with E-state index in [0.717, 1.165) is 19.3 Å². The van der Waals surface area contributed by atoms with E-state index in [-0.39, 0.29) is 12.1 Å². The number of aliphatic hydroxyl groups is 1. The number of aliphatic hydroxyl groups excluding tert-OH is 1. The Morgan fingerprint density at radius 1 is 0.778 bits per heavy atom. The third-order valence-electron chi connectivity index (χ3n) is 4.11. The lowest BCUT2D eigenvalue weighted by atomic mass is 10.1. The summed E-state index contributed by atoms with van der Waals surface area (Å²) in [5.41, 5.74) is 0. The van der Waals surface area contributed by atoms with Crippen LogP contribution in [0.2, 0.25) is 0 Å². The summed E-state index contributed by atoms with van der Waals surface area (Å²) in [5.74, 6) is -0.0236. The van der Waals surface area contributed by atoms with Gasteiger partial charge in [0, 0.05) is 12.5 Å². The monoisotopic (exact) mass is 384 g/mol. The molecule has 0 aromatic carbocycles. The molecule has 0 saturated heterocycles. The van der Waals surface area contributed by atoms with Crippen molar-refractivity contribution in [2.45, 2.75) is 130 Å². The van der Waals surface area contributed by atoms with Crippen LogP contribution < -0.4 is 0 Å². The molecule has 0 atom stereocenters. The summed E-state index contributed by atoms with van der Waals surface area (Å²) in [6.07, 6.45) is 22.8. The van der Waals surface area contributed by atoms with Gasteiger partial charge in [0.2, 0.25) is 0 Å². The largest absolute Gasteiger partial charge is 0.466 e. The number of unbranched alkanes of at least 4 members (excludes halogenated alkanes) is 11. The van der Waals surface area contributed by atoms with Gasteiger partial charge in [0.05, 0.1) is 6.61 Å². The lowest BCUT2D eigenvalue weighted by Gasteiger charge is -2.03. The predicted octanol–water partition coefficient (Wildman–Crippen LogP) is 7.36. The quantitative estimate of drug-likeness (QED) is 0.162. The minimum atomic E-state index is -0.167. The first kappa shape index (κ1) is 28.4. The molecule has 162 valence electrons. The molecule has 0 heterocycles. The number of esters is 1. The van der Waals surface area contributed by atoms with Gasteiger partial charge in [-0.2, -0.15) is 0 Å². The molecule has 0 aromatic rings. The van der Waals surface area contributed by atoms with Crippen LogP contribution in [0.5, 0.6) is 0 Å². The highest BCUT2D eigenvalue weighted by Gasteiger charge is 2.01. The first-order valence-electron chi connectivity index (χ1n) is 11.5. The molecule has 3 heteroatoms. The average Bonchev–Trinajstić information content (AvgIpc) is 2.62. The summed E-state index contributed by atoms with van der Waals surface area (Å²) in [5, 5.41) is 8.06. The zero-order valence-electron chi connectivity index (χ0n) is 18.8. The maximum Gasteiger partial charge on any atom is 0.305 e. The number of hydrogen-bond donors (Lipinski definition) is 1. The molecule has 1 N–H and O–H groups in total. The number of hydrogen-bond acceptors (Lipinski definition) is 3. The Hall–Kier alpha value is -0.830. The predicted molar refractivity (Wildman–Crippen MR) is 118 cm³/mol. The highest BCUT2D eigenvalue weighted by atomic mass is 16.5. The Morgan fingerprint density at radius 2 is 1.22 bits per heavy atom. The molecule has 3 nitrogen and oxygen atoms in total. The highest BCUT2D eigenvalue weighted by Crippen LogP contribution is 2.10. The van der Waals surface area contributed by atoms with Crippen LogP contribution in [-0.2, 0) is 9.53 Å². The fourth-order valence-electron chi connectivity index (χ4n) is 2.63. The molecule has 0 unspecified atom stereocenters. The first-order chi connectivity index (χ1) is 13.0. The van der Waals surface area contributed by atoms with Crippen LogP contribution in [0.4, 0.5) is 0 Å². The van der Waals surface area contributed by atoms with Crippen molar-refractivity contribution in [3.05, 3.63) is 12.2 Å². The fourth-order valence-corrected chi connectivity index (χ4v) is 2.63. The second-order valence-corrected chi connectivity index (χ2v) is 7.65. The van der Waals surface area contributed by atoms with Crippen molar-refractivity contribution >= 4 is 5.97 Å². The van der Waals surface area contributed by atoms with Crippen molar-refractivity contribution in [3.8, 4) is 0 Å². The third-order valence-corrected chi connectivity index (χ3v) is 4.11. The van der Waals surface area contributed by atoms with Gasteiger partial charge in [-0.25, -0.2) is 0 Å². The zero-order chi connectivity index (χ0) is 20.6. The van der Waals surface area contributed by atoms with Crippen molar-refractivity contribution in [1.82, 2.24) is 0 Å². The second kappa shape index (κ2) is 25.2. The minimum absolute atomic E-state index is 0.0236. The highest BCUT2D eigenvalue weighted by molar-refractivity contribution is 5.69. The van der Waals surface area contributed by atoms with Crippen LogP contribution in [0.1, 0.15) is 124 Å². The van der Waals surface area contributed by atoms with E-state index in [1.54, 1.807) is 13.8 Å². The second-order valence-electron chi connectivity index (χ2n) is 7.65. The summed E-state index contributed by atoms with van der Waals surface area (Å²) < 4.78 is 5.06. The molecule has 0 saturated carbocycles. The molecular formula is C24H48O3. The summed E-state index contributed by atoms with van der Waals surface area (Å²) >= 11 is 0.